The molecule has 0 saturated carbocycles. The Bertz CT molecular complexity index is 575. The Morgan fingerprint density at radius 1 is 1.14 bits per heavy atom. The minimum Gasteiger partial charge on any atom is -0.274 e. The number of nitrogens with zero attached hydrogens (tertiary/aromatic N) is 1. The van der Waals surface area contributed by atoms with Crippen molar-refractivity contribution in [2.75, 3.05) is 4.90 Å². The number of carbonyl (C=O) groups excluding carboxylic acids is 2. The van der Waals surface area contributed by atoms with Gasteiger partial charge in [-0.3, -0.25) is 14.5 Å². The molecule has 0 aromatic heterocycles. The highest BCUT2D eigenvalue weighted by Gasteiger charge is 2.40. The third-order valence-electron chi connectivity index (χ3n) is 5.30. The zero-order valence-corrected chi connectivity index (χ0v) is 14.5. The van der Waals surface area contributed by atoms with Crippen LogP contribution >= 0.6 is 0 Å². The van der Waals surface area contributed by atoms with Crippen molar-refractivity contribution < 1.29 is 9.59 Å². The summed E-state index contributed by atoms with van der Waals surface area (Å²) in [5, 5.41) is 0. The van der Waals surface area contributed by atoms with Gasteiger partial charge >= 0.3 is 0 Å². The molecule has 22 heavy (non-hydrogen) atoms. The van der Waals surface area contributed by atoms with E-state index in [9.17, 15) is 9.59 Å². The molecule has 0 radical (unpaired) electrons. The fourth-order valence-corrected chi connectivity index (χ4v) is 2.82. The summed E-state index contributed by atoms with van der Waals surface area (Å²) in [6.45, 7) is 10.6. The van der Waals surface area contributed by atoms with Crippen LogP contribution in [-0.4, -0.2) is 19.7 Å². The largest absolute Gasteiger partial charge is 0.274 e. The van der Waals surface area contributed by atoms with Gasteiger partial charge in [0.15, 0.2) is 0 Å². The van der Waals surface area contributed by atoms with Crippen molar-refractivity contribution >= 4 is 25.3 Å². The molecule has 3 nitrogen and oxygen atoms in total. The van der Waals surface area contributed by atoms with E-state index in [1.165, 1.54) is 10.5 Å². The highest BCUT2D eigenvalue weighted by atomic mass is 16.2. The van der Waals surface area contributed by atoms with Crippen LogP contribution in [0.4, 0.5) is 5.69 Å². The van der Waals surface area contributed by atoms with Gasteiger partial charge in [-0.1, -0.05) is 52.6 Å². The lowest BCUT2D eigenvalue weighted by atomic mass is 9.65. The quantitative estimate of drug-likeness (QED) is 0.633. The molecule has 1 aliphatic heterocycles. The molecule has 2 rings (SSSR count). The molecule has 0 aliphatic carbocycles. The number of rotatable bonds is 4. The van der Waals surface area contributed by atoms with Crippen LogP contribution in [-0.2, 0) is 15.0 Å². The first-order valence-electron chi connectivity index (χ1n) is 8.13. The summed E-state index contributed by atoms with van der Waals surface area (Å²) in [5.74, 6) is 0.383. The van der Waals surface area contributed by atoms with Crippen LogP contribution in [0.1, 0.15) is 46.6 Å². The minimum atomic E-state index is -0.181. The van der Waals surface area contributed by atoms with Gasteiger partial charge in [0.05, 0.1) is 11.6 Å². The molecule has 1 saturated heterocycles. The van der Waals surface area contributed by atoms with Crippen molar-refractivity contribution in [1.82, 2.24) is 0 Å². The van der Waals surface area contributed by atoms with E-state index in [1.807, 2.05) is 38.1 Å². The topological polar surface area (TPSA) is 37.4 Å². The molecule has 0 spiro atoms. The second kappa shape index (κ2) is 5.90. The van der Waals surface area contributed by atoms with Crippen LogP contribution in [0.25, 0.3) is 0 Å². The average molecular weight is 299 g/mol. The van der Waals surface area contributed by atoms with E-state index in [0.717, 1.165) is 0 Å². The smallest absolute Gasteiger partial charge is 0.237 e. The van der Waals surface area contributed by atoms with Crippen molar-refractivity contribution in [3.63, 3.8) is 0 Å². The molecular formula is C18H26BNO2. The average Bonchev–Trinajstić information content (AvgIpc) is 2.74. The van der Waals surface area contributed by atoms with E-state index in [4.69, 9.17) is 0 Å². The van der Waals surface area contributed by atoms with Crippen LogP contribution < -0.4 is 4.90 Å². The van der Waals surface area contributed by atoms with Crippen molar-refractivity contribution in [3.8, 4) is 0 Å². The Morgan fingerprint density at radius 2 is 1.68 bits per heavy atom. The zero-order chi connectivity index (χ0) is 16.7. The summed E-state index contributed by atoms with van der Waals surface area (Å²) in [4.78, 5) is 26.0. The highest BCUT2D eigenvalue weighted by molar-refractivity contribution is 6.21. The second-order valence-electron chi connectivity index (χ2n) is 7.55. The maximum atomic E-state index is 12.5. The number of hydrogen-bond donors (Lipinski definition) is 0. The van der Waals surface area contributed by atoms with Crippen LogP contribution in [0.2, 0.25) is 5.82 Å². The number of carbonyl (C=O) groups is 2. The van der Waals surface area contributed by atoms with E-state index in [-0.39, 0.29) is 29.1 Å². The third kappa shape index (κ3) is 2.83. The molecule has 1 aromatic rings. The summed E-state index contributed by atoms with van der Waals surface area (Å²) in [6.07, 6.45) is 0.329. The van der Waals surface area contributed by atoms with Gasteiger partial charge in [-0.2, -0.15) is 0 Å². The van der Waals surface area contributed by atoms with Gasteiger partial charge in [0.1, 0.15) is 7.85 Å². The molecule has 2 unspecified atom stereocenters. The van der Waals surface area contributed by atoms with E-state index in [0.29, 0.717) is 17.9 Å². The van der Waals surface area contributed by atoms with Gasteiger partial charge in [-0.05, 0) is 29.0 Å². The Morgan fingerprint density at radius 3 is 2.09 bits per heavy atom. The third-order valence-corrected chi connectivity index (χ3v) is 5.30. The molecule has 2 atom stereocenters. The van der Waals surface area contributed by atoms with E-state index >= 15 is 0 Å². The maximum absolute atomic E-state index is 12.5. The van der Waals surface area contributed by atoms with Crippen LogP contribution in [0.15, 0.2) is 24.3 Å². The van der Waals surface area contributed by atoms with E-state index in [2.05, 4.69) is 28.6 Å². The van der Waals surface area contributed by atoms with Crippen molar-refractivity contribution in [3.05, 3.63) is 29.8 Å². The predicted octanol–water partition coefficient (Wildman–Crippen LogP) is 2.94. The monoisotopic (exact) mass is 299 g/mol. The summed E-state index contributed by atoms with van der Waals surface area (Å²) in [6, 6.07) is 7.88. The van der Waals surface area contributed by atoms with Gasteiger partial charge in [-0.15, -0.1) is 0 Å². The number of hydrogen-bond acceptors (Lipinski definition) is 2. The Labute approximate surface area is 134 Å². The second-order valence-corrected chi connectivity index (χ2v) is 7.55. The molecule has 0 bridgehead atoms. The molecule has 2 amide bonds. The summed E-state index contributed by atoms with van der Waals surface area (Å²) in [5.41, 5.74) is 1.99. The summed E-state index contributed by atoms with van der Waals surface area (Å²) in [7, 11) is 2.20. The molecule has 0 N–H and O–H groups in total. The number of anilines is 1. The maximum Gasteiger partial charge on any atom is 0.237 e. The minimum absolute atomic E-state index is 0.0594. The van der Waals surface area contributed by atoms with Crippen molar-refractivity contribution in [1.29, 1.82) is 0 Å². The zero-order valence-electron chi connectivity index (χ0n) is 14.5. The molecule has 1 aliphatic rings. The van der Waals surface area contributed by atoms with Crippen LogP contribution in [0, 0.1) is 11.8 Å². The molecule has 1 fully saturated rings. The standard InChI is InChI=1S/C18H26BNO2/c1-11(2)15-10-16(21)20(17(15)22)14-8-6-13(7-9-14)18(4,5)12(3)19/h6-9,11-12,15H,10,19H2,1-5H3. The fraction of sp³-hybridized carbons (Fsp3) is 0.556. The van der Waals surface area contributed by atoms with Gasteiger partial charge in [0.25, 0.3) is 0 Å². The fourth-order valence-electron chi connectivity index (χ4n) is 2.82. The van der Waals surface area contributed by atoms with Crippen molar-refractivity contribution in [2.24, 2.45) is 11.8 Å². The summed E-state index contributed by atoms with van der Waals surface area (Å²) < 4.78 is 0. The lowest BCUT2D eigenvalue weighted by molar-refractivity contribution is -0.122. The normalized spacial score (nSPS) is 20.8. The van der Waals surface area contributed by atoms with Crippen LogP contribution in [0.3, 0.4) is 0 Å². The van der Waals surface area contributed by atoms with Gasteiger partial charge < -0.3 is 0 Å². The summed E-state index contributed by atoms with van der Waals surface area (Å²) >= 11 is 0. The molecule has 4 heteroatoms. The Balaban J connectivity index is 2.28. The molecule has 1 heterocycles. The first-order chi connectivity index (χ1) is 10.2. The lowest BCUT2D eigenvalue weighted by Gasteiger charge is -2.30. The van der Waals surface area contributed by atoms with E-state index in [1.54, 1.807) is 0 Å². The molecular weight excluding hydrogens is 273 g/mol. The first-order valence-corrected chi connectivity index (χ1v) is 8.13. The van der Waals surface area contributed by atoms with Gasteiger partial charge in [-0.25, -0.2) is 0 Å². The first kappa shape index (κ1) is 16.8. The SMILES string of the molecule is BC(C)C(C)(C)c1ccc(N2C(=O)CC(C(C)C)C2=O)cc1. The number of amides is 2. The molecule has 1 aromatic carbocycles. The number of imide groups is 1. The Hall–Kier alpha value is -1.58. The highest BCUT2D eigenvalue weighted by Crippen LogP contribution is 2.36. The number of benzene rings is 1. The van der Waals surface area contributed by atoms with Gasteiger partial charge in [0, 0.05) is 6.42 Å². The lowest BCUT2D eigenvalue weighted by Crippen LogP contribution is -2.31. The Kier molecular flexibility index (Phi) is 4.50. The van der Waals surface area contributed by atoms with E-state index < -0.39 is 0 Å². The van der Waals surface area contributed by atoms with Crippen LogP contribution in [0.5, 0.6) is 0 Å². The van der Waals surface area contributed by atoms with Gasteiger partial charge in [0.2, 0.25) is 11.8 Å². The molecule has 118 valence electrons. The predicted molar refractivity (Wildman–Crippen MR) is 92.9 cm³/mol. The van der Waals surface area contributed by atoms with Crippen molar-refractivity contribution in [2.45, 2.75) is 52.3 Å².